The minimum absolute atomic E-state index is 1.14. The molecule has 3 rings (SSSR count). The van der Waals surface area contributed by atoms with Gasteiger partial charge in [0.15, 0.2) is 0 Å². The van der Waals surface area contributed by atoms with Crippen LogP contribution in [0.25, 0.3) is 0 Å². The van der Waals surface area contributed by atoms with Gasteiger partial charge in [0.05, 0.1) is 0 Å². The van der Waals surface area contributed by atoms with Gasteiger partial charge >= 0.3 is 0 Å². The molecule has 0 aromatic carbocycles. The summed E-state index contributed by atoms with van der Waals surface area (Å²) in [7, 11) is 0. The lowest BCUT2D eigenvalue weighted by molar-refractivity contribution is 0.255. The molecule has 0 amide bonds. The second kappa shape index (κ2) is 5.10. The Morgan fingerprint density at radius 2 is 0.500 bits per heavy atom. The highest BCUT2D eigenvalue weighted by Crippen LogP contribution is 2.44. The maximum atomic E-state index is 1.58. The lowest BCUT2D eigenvalue weighted by atomic mass is 9.80. The Balaban J connectivity index is 1.60. The second-order valence-electron chi connectivity index (χ2n) is 6.76. The van der Waals surface area contributed by atoms with Crippen molar-refractivity contribution in [2.75, 3.05) is 0 Å². The number of fused-ring (bicyclic) bond motifs is 2. The van der Waals surface area contributed by atoms with Gasteiger partial charge in [-0.2, -0.15) is 0 Å². The van der Waals surface area contributed by atoms with Crippen molar-refractivity contribution in [2.24, 2.45) is 23.7 Å². The van der Waals surface area contributed by atoms with Crippen molar-refractivity contribution in [3.05, 3.63) is 0 Å². The van der Waals surface area contributed by atoms with Gasteiger partial charge in [-0.1, -0.05) is 77.0 Å². The van der Waals surface area contributed by atoms with Gasteiger partial charge in [0.25, 0.3) is 0 Å². The van der Waals surface area contributed by atoms with Crippen LogP contribution in [0, 0.1) is 23.7 Å². The minimum Gasteiger partial charge on any atom is -0.0528 e. The molecule has 0 heterocycles. The van der Waals surface area contributed by atoms with Crippen molar-refractivity contribution in [3.8, 4) is 0 Å². The SMILES string of the molecule is C1CC2CCCC3CCCC3CCCC2C1. The van der Waals surface area contributed by atoms with Gasteiger partial charge in [0, 0.05) is 0 Å². The molecule has 3 aliphatic rings. The summed E-state index contributed by atoms with van der Waals surface area (Å²) in [4.78, 5) is 0. The monoisotopic (exact) mass is 220 g/mol. The fourth-order valence-corrected chi connectivity index (χ4v) is 5.03. The lowest BCUT2D eigenvalue weighted by Gasteiger charge is -2.26. The fraction of sp³-hybridized carbons (Fsp3) is 1.00. The van der Waals surface area contributed by atoms with Crippen molar-refractivity contribution in [1.29, 1.82) is 0 Å². The Morgan fingerprint density at radius 3 is 0.688 bits per heavy atom. The molecule has 0 atom stereocenters. The Morgan fingerprint density at radius 1 is 0.312 bits per heavy atom. The van der Waals surface area contributed by atoms with E-state index in [9.17, 15) is 0 Å². The van der Waals surface area contributed by atoms with E-state index < -0.39 is 0 Å². The third-order valence-electron chi connectivity index (χ3n) is 5.93. The number of hydrogen-bond acceptors (Lipinski definition) is 0. The molecule has 0 radical (unpaired) electrons. The third-order valence-corrected chi connectivity index (χ3v) is 5.93. The van der Waals surface area contributed by atoms with Crippen LogP contribution in [0.4, 0.5) is 0 Å². The van der Waals surface area contributed by atoms with E-state index in [1.807, 2.05) is 0 Å². The summed E-state index contributed by atoms with van der Waals surface area (Å²) in [5.41, 5.74) is 0. The Labute approximate surface area is 101 Å². The topological polar surface area (TPSA) is 0 Å². The molecule has 0 aromatic heterocycles. The zero-order valence-electron chi connectivity index (χ0n) is 10.8. The van der Waals surface area contributed by atoms with Gasteiger partial charge in [-0.25, -0.2) is 0 Å². The van der Waals surface area contributed by atoms with Crippen LogP contribution in [0.15, 0.2) is 0 Å². The Hall–Kier alpha value is 0. The predicted molar refractivity (Wildman–Crippen MR) is 69.4 cm³/mol. The van der Waals surface area contributed by atoms with Crippen LogP contribution in [0.1, 0.15) is 77.0 Å². The van der Waals surface area contributed by atoms with E-state index >= 15 is 0 Å². The van der Waals surface area contributed by atoms with Crippen LogP contribution in [-0.4, -0.2) is 0 Å². The summed E-state index contributed by atoms with van der Waals surface area (Å²) < 4.78 is 0. The molecule has 3 fully saturated rings. The van der Waals surface area contributed by atoms with Crippen LogP contribution >= 0.6 is 0 Å². The zero-order valence-corrected chi connectivity index (χ0v) is 10.8. The van der Waals surface area contributed by atoms with Gasteiger partial charge in [-0.05, 0) is 23.7 Å². The molecule has 0 spiro atoms. The van der Waals surface area contributed by atoms with Crippen molar-refractivity contribution in [3.63, 3.8) is 0 Å². The van der Waals surface area contributed by atoms with Crippen molar-refractivity contribution in [2.45, 2.75) is 77.0 Å². The second-order valence-corrected chi connectivity index (χ2v) is 6.76. The molecule has 0 unspecified atom stereocenters. The average molecular weight is 220 g/mol. The van der Waals surface area contributed by atoms with E-state index in [0.717, 1.165) is 23.7 Å². The first kappa shape index (κ1) is 11.1. The predicted octanol–water partition coefficient (Wildman–Crippen LogP) is 5.17. The Bertz CT molecular complexity index is 176. The first-order chi connectivity index (χ1) is 7.93. The number of hydrogen-bond donors (Lipinski definition) is 0. The van der Waals surface area contributed by atoms with Crippen molar-refractivity contribution < 1.29 is 0 Å². The van der Waals surface area contributed by atoms with Crippen LogP contribution < -0.4 is 0 Å². The van der Waals surface area contributed by atoms with Gasteiger partial charge in [-0.3, -0.25) is 0 Å². The summed E-state index contributed by atoms with van der Waals surface area (Å²) in [6.07, 6.45) is 18.8. The molecular weight excluding hydrogens is 192 g/mol. The molecule has 3 saturated carbocycles. The van der Waals surface area contributed by atoms with Crippen LogP contribution in [0.3, 0.4) is 0 Å². The summed E-state index contributed by atoms with van der Waals surface area (Å²) in [5, 5.41) is 0. The third kappa shape index (κ3) is 2.31. The molecule has 0 bridgehead atoms. The molecule has 0 aromatic rings. The van der Waals surface area contributed by atoms with E-state index in [0.29, 0.717) is 0 Å². The van der Waals surface area contributed by atoms with Gasteiger partial charge in [-0.15, -0.1) is 0 Å². The van der Waals surface area contributed by atoms with E-state index in [2.05, 4.69) is 0 Å². The Kier molecular flexibility index (Phi) is 3.54. The smallest absolute Gasteiger partial charge is 0.0386 e. The summed E-state index contributed by atoms with van der Waals surface area (Å²) in [5.74, 6) is 4.55. The molecule has 92 valence electrons. The summed E-state index contributed by atoms with van der Waals surface area (Å²) >= 11 is 0. The minimum atomic E-state index is 1.14. The molecule has 16 heavy (non-hydrogen) atoms. The molecule has 0 aliphatic heterocycles. The summed E-state index contributed by atoms with van der Waals surface area (Å²) in [6.45, 7) is 0. The van der Waals surface area contributed by atoms with Crippen LogP contribution in [0.5, 0.6) is 0 Å². The van der Waals surface area contributed by atoms with Crippen molar-refractivity contribution >= 4 is 0 Å². The van der Waals surface area contributed by atoms with Gasteiger partial charge in [0.1, 0.15) is 0 Å². The van der Waals surface area contributed by atoms with E-state index in [1.54, 1.807) is 77.0 Å². The highest BCUT2D eigenvalue weighted by Gasteiger charge is 2.31. The normalized spacial score (nSPS) is 45.0. The maximum Gasteiger partial charge on any atom is -0.0386 e. The first-order valence-electron chi connectivity index (χ1n) is 7.93. The highest BCUT2D eigenvalue weighted by molar-refractivity contribution is 4.83. The van der Waals surface area contributed by atoms with E-state index in [-0.39, 0.29) is 0 Å². The molecule has 0 N–H and O–H groups in total. The van der Waals surface area contributed by atoms with Crippen molar-refractivity contribution in [1.82, 2.24) is 0 Å². The van der Waals surface area contributed by atoms with Crippen LogP contribution in [-0.2, 0) is 0 Å². The molecule has 0 nitrogen and oxygen atoms in total. The highest BCUT2D eigenvalue weighted by atomic mass is 14.4. The molecular formula is C16H28. The zero-order chi connectivity index (χ0) is 10.8. The van der Waals surface area contributed by atoms with Crippen LogP contribution in [0.2, 0.25) is 0 Å². The van der Waals surface area contributed by atoms with E-state index in [4.69, 9.17) is 0 Å². The molecule has 0 heteroatoms. The first-order valence-corrected chi connectivity index (χ1v) is 7.93. The maximum absolute atomic E-state index is 1.58. The standard InChI is InChI=1S/C16H28/c1-5-13-9-3-11-15-7-2-8-16(15)12-4-10-14(13)6-1/h13-16H,1-12H2. The van der Waals surface area contributed by atoms with E-state index in [1.165, 1.54) is 0 Å². The lowest BCUT2D eigenvalue weighted by Crippen LogP contribution is -2.14. The molecule has 0 saturated heterocycles. The van der Waals surface area contributed by atoms with Gasteiger partial charge < -0.3 is 0 Å². The fourth-order valence-electron chi connectivity index (χ4n) is 5.03. The summed E-state index contributed by atoms with van der Waals surface area (Å²) in [6, 6.07) is 0. The van der Waals surface area contributed by atoms with Gasteiger partial charge in [0.2, 0.25) is 0 Å². The quantitative estimate of drug-likeness (QED) is 0.528. The average Bonchev–Trinajstić information content (AvgIpc) is 2.89. The molecule has 3 aliphatic carbocycles. The largest absolute Gasteiger partial charge is 0.0528 e. The number of rotatable bonds is 0.